The summed E-state index contributed by atoms with van der Waals surface area (Å²) in [7, 11) is 1.39. The summed E-state index contributed by atoms with van der Waals surface area (Å²) in [6, 6.07) is 0. The summed E-state index contributed by atoms with van der Waals surface area (Å²) >= 11 is 1.83. The van der Waals surface area contributed by atoms with Crippen molar-refractivity contribution >= 4 is 17.7 Å². The molecule has 0 saturated heterocycles. The Hall–Kier alpha value is -0.220. The van der Waals surface area contributed by atoms with Gasteiger partial charge in [-0.1, -0.05) is 19.8 Å². The molecule has 1 aliphatic rings. The Kier molecular flexibility index (Phi) is 5.12. The number of thioether (sulfide) groups is 1. The number of carbonyl (C=O) groups excluding carboxylic acids is 1. The molecule has 94 valence electrons. The number of rotatable bonds is 4. The van der Waals surface area contributed by atoms with Crippen molar-refractivity contribution in [2.24, 2.45) is 11.7 Å². The van der Waals surface area contributed by atoms with Crippen molar-refractivity contribution in [3.05, 3.63) is 0 Å². The Morgan fingerprint density at radius 1 is 1.56 bits per heavy atom. The lowest BCUT2D eigenvalue weighted by atomic mass is 9.91. The van der Waals surface area contributed by atoms with Crippen LogP contribution in [0.5, 0.6) is 0 Å². The first-order valence-electron chi connectivity index (χ1n) is 5.94. The number of hydrogen-bond acceptors (Lipinski definition) is 4. The predicted octanol–water partition coefficient (Wildman–Crippen LogP) is 2.19. The largest absolute Gasteiger partial charge is 0.468 e. The van der Waals surface area contributed by atoms with E-state index >= 15 is 0 Å². The second-order valence-electron chi connectivity index (χ2n) is 5.11. The summed E-state index contributed by atoms with van der Waals surface area (Å²) in [6.07, 6.45) is 5.15. The van der Waals surface area contributed by atoms with Crippen molar-refractivity contribution in [2.75, 3.05) is 12.9 Å². The van der Waals surface area contributed by atoms with Gasteiger partial charge in [0, 0.05) is 11.0 Å². The van der Waals surface area contributed by atoms with Crippen LogP contribution in [-0.2, 0) is 9.53 Å². The van der Waals surface area contributed by atoms with Gasteiger partial charge in [0.1, 0.15) is 5.54 Å². The van der Waals surface area contributed by atoms with Gasteiger partial charge in [-0.25, -0.2) is 0 Å². The van der Waals surface area contributed by atoms with Crippen molar-refractivity contribution in [1.29, 1.82) is 0 Å². The lowest BCUT2D eigenvalue weighted by Crippen LogP contribution is -2.48. The van der Waals surface area contributed by atoms with Crippen LogP contribution in [0.4, 0.5) is 0 Å². The highest BCUT2D eigenvalue weighted by Gasteiger charge is 2.31. The molecule has 0 aromatic rings. The Labute approximate surface area is 102 Å². The van der Waals surface area contributed by atoms with Gasteiger partial charge in [-0.2, -0.15) is 11.8 Å². The molecule has 1 fully saturated rings. The lowest BCUT2D eigenvalue weighted by molar-refractivity contribution is -0.145. The first-order valence-corrected chi connectivity index (χ1v) is 6.99. The molecule has 0 aromatic heterocycles. The van der Waals surface area contributed by atoms with Crippen molar-refractivity contribution in [2.45, 2.75) is 50.3 Å². The number of nitrogens with two attached hydrogens (primary N) is 1. The molecule has 0 aromatic carbocycles. The topological polar surface area (TPSA) is 52.3 Å². The maximum Gasteiger partial charge on any atom is 0.326 e. The molecule has 0 heterocycles. The lowest BCUT2D eigenvalue weighted by Gasteiger charge is -2.29. The molecule has 0 aliphatic heterocycles. The molecule has 1 rings (SSSR count). The third kappa shape index (κ3) is 3.98. The van der Waals surface area contributed by atoms with Gasteiger partial charge in [0.2, 0.25) is 0 Å². The van der Waals surface area contributed by atoms with Crippen LogP contribution in [-0.4, -0.2) is 29.6 Å². The summed E-state index contributed by atoms with van der Waals surface area (Å²) in [4.78, 5) is 11.4. The molecule has 1 aliphatic carbocycles. The molecule has 3 nitrogen and oxygen atoms in total. The van der Waals surface area contributed by atoms with Crippen LogP contribution in [0.25, 0.3) is 0 Å². The smallest absolute Gasteiger partial charge is 0.326 e. The fourth-order valence-corrected chi connectivity index (χ4v) is 3.61. The third-order valence-corrected chi connectivity index (χ3v) is 4.82. The SMILES string of the molecule is COC(=O)C(C)(N)CSC1CCCC(C)C1. The molecule has 0 spiro atoms. The minimum Gasteiger partial charge on any atom is -0.468 e. The fourth-order valence-electron chi connectivity index (χ4n) is 2.11. The van der Waals surface area contributed by atoms with Crippen LogP contribution in [0, 0.1) is 5.92 Å². The van der Waals surface area contributed by atoms with E-state index in [9.17, 15) is 4.79 Å². The molecule has 16 heavy (non-hydrogen) atoms. The average molecular weight is 245 g/mol. The first kappa shape index (κ1) is 13.8. The summed E-state index contributed by atoms with van der Waals surface area (Å²) in [5.41, 5.74) is 5.08. The second kappa shape index (κ2) is 5.92. The molecule has 0 bridgehead atoms. The summed E-state index contributed by atoms with van der Waals surface area (Å²) < 4.78 is 4.70. The third-order valence-electron chi connectivity index (χ3n) is 3.16. The van der Waals surface area contributed by atoms with Crippen molar-refractivity contribution in [1.82, 2.24) is 0 Å². The van der Waals surface area contributed by atoms with Gasteiger partial charge in [-0.3, -0.25) is 4.79 Å². The van der Waals surface area contributed by atoms with E-state index in [4.69, 9.17) is 10.5 Å². The maximum atomic E-state index is 11.4. The normalized spacial score (nSPS) is 29.5. The van der Waals surface area contributed by atoms with Crippen LogP contribution in [0.3, 0.4) is 0 Å². The van der Waals surface area contributed by atoms with Gasteiger partial charge in [0.25, 0.3) is 0 Å². The monoisotopic (exact) mass is 245 g/mol. The van der Waals surface area contributed by atoms with E-state index in [1.54, 1.807) is 6.92 Å². The van der Waals surface area contributed by atoms with E-state index in [1.165, 1.54) is 32.8 Å². The Morgan fingerprint density at radius 3 is 2.81 bits per heavy atom. The van der Waals surface area contributed by atoms with Gasteiger partial charge >= 0.3 is 5.97 Å². The first-order chi connectivity index (χ1) is 7.45. The number of carbonyl (C=O) groups is 1. The quantitative estimate of drug-likeness (QED) is 0.771. The summed E-state index contributed by atoms with van der Waals surface area (Å²) in [6.45, 7) is 4.05. The second-order valence-corrected chi connectivity index (χ2v) is 6.40. The van der Waals surface area contributed by atoms with Gasteiger partial charge in [-0.15, -0.1) is 0 Å². The number of esters is 1. The molecule has 1 saturated carbocycles. The maximum absolute atomic E-state index is 11.4. The molecule has 3 atom stereocenters. The summed E-state index contributed by atoms with van der Waals surface area (Å²) in [5.74, 6) is 1.15. The van der Waals surface area contributed by atoms with Gasteiger partial charge < -0.3 is 10.5 Å². The van der Waals surface area contributed by atoms with E-state index < -0.39 is 5.54 Å². The van der Waals surface area contributed by atoms with Crippen LogP contribution < -0.4 is 5.73 Å². The zero-order chi connectivity index (χ0) is 12.2. The zero-order valence-electron chi connectivity index (χ0n) is 10.5. The van der Waals surface area contributed by atoms with Crippen molar-refractivity contribution in [3.63, 3.8) is 0 Å². The van der Waals surface area contributed by atoms with Crippen LogP contribution >= 0.6 is 11.8 Å². The standard InChI is InChI=1S/C12H23NO2S/c1-9-5-4-6-10(7-9)16-8-12(2,13)11(14)15-3/h9-10H,4-8,13H2,1-3H3. The zero-order valence-corrected chi connectivity index (χ0v) is 11.3. The van der Waals surface area contributed by atoms with E-state index in [0.29, 0.717) is 11.0 Å². The fraction of sp³-hybridized carbons (Fsp3) is 0.917. The molecular formula is C12H23NO2S. The van der Waals surface area contributed by atoms with Gasteiger partial charge in [0.15, 0.2) is 0 Å². The number of methoxy groups -OCH3 is 1. The molecular weight excluding hydrogens is 222 g/mol. The molecule has 0 amide bonds. The average Bonchev–Trinajstić information content (AvgIpc) is 2.25. The highest BCUT2D eigenvalue weighted by Crippen LogP contribution is 2.33. The highest BCUT2D eigenvalue weighted by atomic mass is 32.2. The molecule has 4 heteroatoms. The van der Waals surface area contributed by atoms with E-state index in [-0.39, 0.29) is 5.97 Å². The van der Waals surface area contributed by atoms with E-state index in [2.05, 4.69) is 6.92 Å². The molecule has 0 radical (unpaired) electrons. The predicted molar refractivity (Wildman–Crippen MR) is 68.5 cm³/mol. The van der Waals surface area contributed by atoms with Crippen LogP contribution in [0.15, 0.2) is 0 Å². The minimum absolute atomic E-state index is 0.316. The van der Waals surface area contributed by atoms with Gasteiger partial charge in [-0.05, 0) is 25.7 Å². The Bertz CT molecular complexity index is 243. The highest BCUT2D eigenvalue weighted by molar-refractivity contribution is 8.00. The molecule has 2 N–H and O–H groups in total. The van der Waals surface area contributed by atoms with E-state index in [1.807, 2.05) is 11.8 Å². The van der Waals surface area contributed by atoms with Crippen LogP contribution in [0.2, 0.25) is 0 Å². The van der Waals surface area contributed by atoms with Gasteiger partial charge in [0.05, 0.1) is 7.11 Å². The van der Waals surface area contributed by atoms with E-state index in [0.717, 1.165) is 5.92 Å². The number of hydrogen-bond donors (Lipinski definition) is 1. The van der Waals surface area contributed by atoms with Crippen molar-refractivity contribution in [3.8, 4) is 0 Å². The molecule has 3 unspecified atom stereocenters. The Morgan fingerprint density at radius 2 is 2.25 bits per heavy atom. The van der Waals surface area contributed by atoms with Crippen LogP contribution in [0.1, 0.15) is 39.5 Å². The van der Waals surface area contributed by atoms with Crippen molar-refractivity contribution < 1.29 is 9.53 Å². The minimum atomic E-state index is -0.847. The number of ether oxygens (including phenoxy) is 1. The summed E-state index contributed by atoms with van der Waals surface area (Å²) in [5, 5.41) is 0.663. The Balaban J connectivity index is 2.35.